The zero-order valence-electron chi connectivity index (χ0n) is 21.8. The Morgan fingerprint density at radius 2 is 1.85 bits per heavy atom. The number of pyridine rings is 1. The Morgan fingerprint density at radius 1 is 1.05 bits per heavy atom. The van der Waals surface area contributed by atoms with Crippen molar-refractivity contribution in [2.45, 2.75) is 12.6 Å². The van der Waals surface area contributed by atoms with Gasteiger partial charge in [0.05, 0.1) is 16.7 Å². The summed E-state index contributed by atoms with van der Waals surface area (Å²) in [6.07, 6.45) is -1.47. The Kier molecular flexibility index (Phi) is 8.53. The molecule has 4 aromatic rings. The number of alkyl halides is 3. The molecule has 0 spiro atoms. The third kappa shape index (κ3) is 6.86. The summed E-state index contributed by atoms with van der Waals surface area (Å²) in [6.45, 7) is 0.523. The molecule has 0 saturated carbocycles. The topological polar surface area (TPSA) is 105 Å². The number of benzene rings is 2. The highest BCUT2D eigenvalue weighted by atomic mass is 19.4. The molecule has 0 fully saturated rings. The van der Waals surface area contributed by atoms with Gasteiger partial charge in [-0.15, -0.1) is 0 Å². The monoisotopic (exact) mass is 555 g/mol. The standard InChI is InChI=1S/C27H25F4N7O2/c1-32-26-35-15-34-23(37-26)19-5-4-11-33-25(19)40-18-8-9-21(28)20(14-18)24(39)36-22-13-17(27(29,30)31)7-6-16(22)10-12-38(2)3/h4-9,11,13-15H,10,12H2,1-3H3,(H,36,39)(H,32,34,35,37). The Hall–Kier alpha value is -4.65. The van der Waals surface area contributed by atoms with Crippen LogP contribution in [0.5, 0.6) is 11.6 Å². The second-order valence-corrected chi connectivity index (χ2v) is 8.86. The highest BCUT2D eigenvalue weighted by molar-refractivity contribution is 6.05. The molecular formula is C27H25F4N7O2. The van der Waals surface area contributed by atoms with E-state index in [0.29, 0.717) is 30.0 Å². The number of aromatic nitrogens is 4. The van der Waals surface area contributed by atoms with Gasteiger partial charge in [-0.1, -0.05) is 6.07 Å². The fourth-order valence-corrected chi connectivity index (χ4v) is 3.66. The Labute approximate surface area is 227 Å². The van der Waals surface area contributed by atoms with E-state index < -0.39 is 29.0 Å². The first-order chi connectivity index (χ1) is 19.0. The summed E-state index contributed by atoms with van der Waals surface area (Å²) in [5, 5.41) is 5.25. The summed E-state index contributed by atoms with van der Waals surface area (Å²) in [6, 6.07) is 9.87. The fraction of sp³-hybridized carbons (Fsp3) is 0.222. The first kappa shape index (κ1) is 28.4. The molecule has 2 aromatic heterocycles. The average molecular weight is 556 g/mol. The highest BCUT2D eigenvalue weighted by Crippen LogP contribution is 2.34. The summed E-state index contributed by atoms with van der Waals surface area (Å²) in [5.41, 5.74) is -0.542. The molecule has 13 heteroatoms. The number of halogens is 4. The number of amides is 1. The van der Waals surface area contributed by atoms with Crippen molar-refractivity contribution in [3.63, 3.8) is 0 Å². The maximum Gasteiger partial charge on any atom is 0.416 e. The lowest BCUT2D eigenvalue weighted by Crippen LogP contribution is -2.19. The average Bonchev–Trinajstić information content (AvgIpc) is 2.93. The van der Waals surface area contributed by atoms with E-state index in [2.05, 4.69) is 30.6 Å². The van der Waals surface area contributed by atoms with Crippen molar-refractivity contribution in [2.75, 3.05) is 38.3 Å². The van der Waals surface area contributed by atoms with E-state index in [1.807, 2.05) is 19.0 Å². The van der Waals surface area contributed by atoms with Crippen LogP contribution in [0.1, 0.15) is 21.5 Å². The van der Waals surface area contributed by atoms with Gasteiger partial charge in [0.25, 0.3) is 5.91 Å². The summed E-state index contributed by atoms with van der Waals surface area (Å²) in [7, 11) is 5.28. The van der Waals surface area contributed by atoms with Gasteiger partial charge in [0, 0.05) is 25.5 Å². The molecule has 2 heterocycles. The minimum absolute atomic E-state index is 0.0606. The van der Waals surface area contributed by atoms with Gasteiger partial charge in [-0.05, 0) is 68.5 Å². The second-order valence-electron chi connectivity index (χ2n) is 8.86. The lowest BCUT2D eigenvalue weighted by Gasteiger charge is -2.17. The zero-order chi connectivity index (χ0) is 28.9. The molecule has 0 saturated heterocycles. The van der Waals surface area contributed by atoms with Gasteiger partial charge in [-0.3, -0.25) is 4.79 Å². The molecule has 208 valence electrons. The lowest BCUT2D eigenvalue weighted by atomic mass is 10.0. The number of hydrogen-bond donors (Lipinski definition) is 2. The van der Waals surface area contributed by atoms with E-state index in [-0.39, 0.29) is 23.1 Å². The van der Waals surface area contributed by atoms with Crippen molar-refractivity contribution < 1.29 is 27.1 Å². The summed E-state index contributed by atoms with van der Waals surface area (Å²) < 4.78 is 60.7. The summed E-state index contributed by atoms with van der Waals surface area (Å²) in [5.74, 6) is -1.10. The third-order valence-electron chi connectivity index (χ3n) is 5.72. The van der Waals surface area contributed by atoms with Crippen LogP contribution in [-0.2, 0) is 12.6 Å². The minimum atomic E-state index is -4.62. The quantitative estimate of drug-likeness (QED) is 0.269. The molecule has 2 N–H and O–H groups in total. The van der Waals surface area contributed by atoms with Gasteiger partial charge < -0.3 is 20.3 Å². The van der Waals surface area contributed by atoms with Crippen LogP contribution in [0.25, 0.3) is 11.4 Å². The van der Waals surface area contributed by atoms with Gasteiger partial charge in [0.2, 0.25) is 11.8 Å². The number of hydrogen-bond acceptors (Lipinski definition) is 8. The van der Waals surface area contributed by atoms with Gasteiger partial charge in [-0.2, -0.15) is 18.2 Å². The van der Waals surface area contributed by atoms with Crippen LogP contribution in [0, 0.1) is 5.82 Å². The molecule has 2 aromatic carbocycles. The van der Waals surface area contributed by atoms with Crippen LogP contribution in [0.4, 0.5) is 29.2 Å². The SMILES string of the molecule is CNc1ncnc(-c2cccnc2Oc2ccc(F)c(C(=O)Nc3cc(C(F)(F)F)ccc3CCN(C)C)c2)n1. The lowest BCUT2D eigenvalue weighted by molar-refractivity contribution is -0.137. The molecule has 40 heavy (non-hydrogen) atoms. The number of carbonyl (C=O) groups excluding carboxylic acids is 1. The molecular weight excluding hydrogens is 530 g/mol. The van der Waals surface area contributed by atoms with Crippen LogP contribution in [0.2, 0.25) is 0 Å². The van der Waals surface area contributed by atoms with E-state index in [1.54, 1.807) is 19.2 Å². The van der Waals surface area contributed by atoms with Crippen LogP contribution in [0.15, 0.2) is 61.1 Å². The van der Waals surface area contributed by atoms with E-state index in [0.717, 1.165) is 24.3 Å². The fourth-order valence-electron chi connectivity index (χ4n) is 3.66. The summed E-state index contributed by atoms with van der Waals surface area (Å²) >= 11 is 0. The van der Waals surface area contributed by atoms with E-state index in [9.17, 15) is 22.4 Å². The van der Waals surface area contributed by atoms with E-state index in [4.69, 9.17) is 4.74 Å². The maximum atomic E-state index is 14.8. The molecule has 4 rings (SSSR count). The predicted molar refractivity (Wildman–Crippen MR) is 141 cm³/mol. The number of nitrogens with one attached hydrogen (secondary N) is 2. The number of rotatable bonds is 9. The Bertz CT molecular complexity index is 1510. The van der Waals surface area contributed by atoms with Gasteiger partial charge >= 0.3 is 6.18 Å². The molecule has 0 aliphatic heterocycles. The molecule has 1 amide bonds. The highest BCUT2D eigenvalue weighted by Gasteiger charge is 2.31. The second kappa shape index (κ2) is 12.0. The number of nitrogens with zero attached hydrogens (tertiary/aromatic N) is 5. The third-order valence-corrected chi connectivity index (χ3v) is 5.72. The largest absolute Gasteiger partial charge is 0.438 e. The molecule has 0 bridgehead atoms. The first-order valence-corrected chi connectivity index (χ1v) is 12.0. The normalized spacial score (nSPS) is 11.4. The smallest absolute Gasteiger partial charge is 0.416 e. The Balaban J connectivity index is 1.63. The maximum absolute atomic E-state index is 14.8. The Morgan fingerprint density at radius 3 is 2.58 bits per heavy atom. The van der Waals surface area contributed by atoms with Crippen molar-refractivity contribution >= 4 is 17.5 Å². The molecule has 0 radical (unpaired) electrons. The van der Waals surface area contributed by atoms with Crippen LogP contribution >= 0.6 is 0 Å². The van der Waals surface area contributed by atoms with Crippen molar-refractivity contribution in [3.8, 4) is 23.0 Å². The predicted octanol–water partition coefficient (Wildman–Crippen LogP) is 5.28. The van der Waals surface area contributed by atoms with Crippen molar-refractivity contribution in [2.24, 2.45) is 0 Å². The molecule has 0 atom stereocenters. The number of likely N-dealkylation sites (N-methyl/N-ethyl adjacent to an activating group) is 1. The molecule has 0 unspecified atom stereocenters. The first-order valence-electron chi connectivity index (χ1n) is 12.0. The van der Waals surface area contributed by atoms with Crippen LogP contribution in [-0.4, -0.2) is 58.4 Å². The minimum Gasteiger partial charge on any atom is -0.438 e. The van der Waals surface area contributed by atoms with Crippen LogP contribution < -0.4 is 15.4 Å². The number of ether oxygens (including phenoxy) is 1. The van der Waals surface area contributed by atoms with Gasteiger partial charge in [-0.25, -0.2) is 19.3 Å². The van der Waals surface area contributed by atoms with Crippen molar-refractivity contribution in [1.82, 2.24) is 24.8 Å². The van der Waals surface area contributed by atoms with Crippen LogP contribution in [0.3, 0.4) is 0 Å². The zero-order valence-corrected chi connectivity index (χ0v) is 21.8. The van der Waals surface area contributed by atoms with E-state index >= 15 is 0 Å². The van der Waals surface area contributed by atoms with Crippen molar-refractivity contribution in [1.29, 1.82) is 0 Å². The van der Waals surface area contributed by atoms with Crippen molar-refractivity contribution in [3.05, 3.63) is 83.6 Å². The number of carbonyl (C=O) groups is 1. The van der Waals surface area contributed by atoms with Gasteiger partial charge in [0.15, 0.2) is 5.82 Å². The number of anilines is 2. The molecule has 0 aliphatic carbocycles. The summed E-state index contributed by atoms with van der Waals surface area (Å²) in [4.78, 5) is 31.5. The van der Waals surface area contributed by atoms with Gasteiger partial charge in [0.1, 0.15) is 17.9 Å². The molecule has 9 nitrogen and oxygen atoms in total. The molecule has 0 aliphatic rings. The van der Waals surface area contributed by atoms with E-state index in [1.165, 1.54) is 24.7 Å².